The van der Waals surface area contributed by atoms with E-state index in [1.807, 2.05) is 26.8 Å². The van der Waals surface area contributed by atoms with Gasteiger partial charge in [0.15, 0.2) is 0 Å². The number of aromatic nitrogens is 1. The minimum atomic E-state index is -0.463. The number of methoxy groups -OCH3 is 1. The smallest absolute Gasteiger partial charge is 0.496 e. The number of fused-ring (bicyclic) bond motifs is 1. The molecule has 3 rings (SSSR count). The van der Waals surface area contributed by atoms with E-state index in [2.05, 4.69) is 29.6 Å². The van der Waals surface area contributed by atoms with E-state index in [0.29, 0.717) is 41.5 Å². The van der Waals surface area contributed by atoms with Gasteiger partial charge in [-0.3, -0.25) is 0 Å². The first-order chi connectivity index (χ1) is 15.0. The molecule has 0 spiro atoms. The van der Waals surface area contributed by atoms with Crippen LogP contribution in [0.5, 0.6) is 11.6 Å². The van der Waals surface area contributed by atoms with E-state index in [4.69, 9.17) is 14.7 Å². The average molecular weight is 655 g/mol. The van der Waals surface area contributed by atoms with E-state index in [9.17, 15) is 10.1 Å². The van der Waals surface area contributed by atoms with Gasteiger partial charge in [0.05, 0.1) is 25.3 Å². The maximum absolute atomic E-state index is 11.9. The van der Waals surface area contributed by atoms with E-state index >= 15 is 0 Å². The third-order valence-corrected chi connectivity index (χ3v) is 4.74. The molecule has 2 aromatic rings. The fraction of sp³-hybridized carbons (Fsp3) is 0.292. The Kier molecular flexibility index (Phi) is 11.0. The molecule has 0 bridgehead atoms. The van der Waals surface area contributed by atoms with E-state index in [-0.39, 0.29) is 31.1 Å². The van der Waals surface area contributed by atoms with Crippen LogP contribution in [0.15, 0.2) is 35.7 Å². The summed E-state index contributed by atoms with van der Waals surface area (Å²) in [5.41, 5.74) is 4.98. The Labute approximate surface area is 212 Å². The second-order valence-corrected chi connectivity index (χ2v) is 6.64. The van der Waals surface area contributed by atoms with Gasteiger partial charge in [-0.2, -0.15) is 5.26 Å². The van der Waals surface area contributed by atoms with Gasteiger partial charge in [-0.1, -0.05) is 19.4 Å². The third-order valence-electron chi connectivity index (χ3n) is 4.74. The summed E-state index contributed by atoms with van der Waals surface area (Å²) in [6.07, 6.45) is 4.19. The third kappa shape index (κ3) is 5.71. The second kappa shape index (κ2) is 12.9. The van der Waals surface area contributed by atoms with Crippen LogP contribution in [0.1, 0.15) is 48.4 Å². The molecule has 0 fully saturated rings. The normalized spacial score (nSPS) is 13.7. The van der Waals surface area contributed by atoms with Gasteiger partial charge in [-0.25, -0.2) is 10.2 Å². The summed E-state index contributed by atoms with van der Waals surface area (Å²) in [5, 5.41) is 20.0. The quantitative estimate of drug-likeness (QED) is 0.478. The molecular weight excluding hydrogens is 630 g/mol. The molecule has 1 atom stereocenters. The molecule has 162 valence electrons. The number of benzene rings is 1. The maximum atomic E-state index is 11.9. The van der Waals surface area contributed by atoms with Crippen LogP contribution in [-0.2, 0) is 4.79 Å². The summed E-state index contributed by atoms with van der Waals surface area (Å²) in [5.74, 6) is 0.522. The molecule has 1 aromatic heterocycles. The van der Waals surface area contributed by atoms with E-state index < -0.39 is 5.92 Å². The van der Waals surface area contributed by atoms with Crippen LogP contribution in [0.3, 0.4) is 0 Å². The molecular formula is C24H24N4O3U. The average Bonchev–Trinajstić information content (AvgIpc) is 2.80. The van der Waals surface area contributed by atoms with E-state index in [1.165, 1.54) is 0 Å². The van der Waals surface area contributed by atoms with Crippen molar-refractivity contribution in [3.63, 3.8) is 0 Å². The number of hydrogen-bond donors (Lipinski definition) is 1. The minimum absolute atomic E-state index is 0. The van der Waals surface area contributed by atoms with E-state index in [0.717, 1.165) is 22.4 Å². The molecule has 1 aliphatic heterocycles. The summed E-state index contributed by atoms with van der Waals surface area (Å²) < 4.78 is 11.3. The van der Waals surface area contributed by atoms with Gasteiger partial charge in [0.2, 0.25) is 5.88 Å². The van der Waals surface area contributed by atoms with Gasteiger partial charge >= 0.3 is 31.1 Å². The summed E-state index contributed by atoms with van der Waals surface area (Å²) in [6.45, 7) is 9.36. The van der Waals surface area contributed by atoms with Crippen LogP contribution in [0.4, 0.5) is 5.69 Å². The van der Waals surface area contributed by atoms with Gasteiger partial charge in [-0.05, 0) is 37.8 Å². The van der Waals surface area contributed by atoms with E-state index in [1.54, 1.807) is 31.5 Å². The summed E-state index contributed by atoms with van der Waals surface area (Å²) in [7, 11) is 1.54. The zero-order chi connectivity index (χ0) is 23.0. The van der Waals surface area contributed by atoms with Crippen LogP contribution in [0.25, 0.3) is 0 Å². The van der Waals surface area contributed by atoms with Crippen molar-refractivity contribution in [3.05, 3.63) is 64.8 Å². The molecule has 0 aliphatic carbocycles. The number of ether oxygens (including phenoxy) is 2. The Morgan fingerprint density at radius 3 is 2.53 bits per heavy atom. The van der Waals surface area contributed by atoms with Crippen molar-refractivity contribution >= 4 is 12.0 Å². The topological polar surface area (TPSA) is 108 Å². The number of nitrogens with zero attached hydrogens (tertiary/aromatic N) is 3. The van der Waals surface area contributed by atoms with Crippen molar-refractivity contribution in [1.29, 1.82) is 10.5 Å². The molecule has 8 heteroatoms. The molecule has 0 saturated carbocycles. The fourth-order valence-electron chi connectivity index (χ4n) is 3.38. The van der Waals surface area contributed by atoms with Gasteiger partial charge in [0, 0.05) is 35.0 Å². The number of pyridine rings is 1. The second-order valence-electron chi connectivity index (χ2n) is 6.64. The number of nitrogens with one attached hydrogen (secondary N) is 1. The SMILES string of the molecule is CCOc1ncc(C)c2c1[C@H](c1ccc(C#N)cc1OC)C([C-]=O)=C(C)N2.[CH2-]CC#N.[U+2]. The van der Waals surface area contributed by atoms with Crippen molar-refractivity contribution in [1.82, 2.24) is 4.98 Å². The number of nitriles is 2. The number of allylic oxidation sites excluding steroid dienone is 2. The predicted octanol–water partition coefficient (Wildman–Crippen LogP) is 4.34. The van der Waals surface area contributed by atoms with Gasteiger partial charge in [0.25, 0.3) is 0 Å². The maximum Gasteiger partial charge on any atom is 2.00 e. The molecule has 0 unspecified atom stereocenters. The first-order valence-electron chi connectivity index (χ1n) is 9.69. The summed E-state index contributed by atoms with van der Waals surface area (Å²) in [4.78, 5) is 16.3. The largest absolute Gasteiger partial charge is 2.00 e. The molecule has 0 radical (unpaired) electrons. The van der Waals surface area contributed by atoms with Crippen LogP contribution < -0.4 is 14.8 Å². The summed E-state index contributed by atoms with van der Waals surface area (Å²) >= 11 is 0. The molecule has 7 nitrogen and oxygen atoms in total. The number of hydrogen-bond acceptors (Lipinski definition) is 7. The Morgan fingerprint density at radius 2 is 2.00 bits per heavy atom. The molecule has 32 heavy (non-hydrogen) atoms. The van der Waals surface area contributed by atoms with Crippen molar-refractivity contribution in [3.8, 4) is 23.8 Å². The monoisotopic (exact) mass is 654 g/mol. The Hall–Kier alpha value is -2.79. The van der Waals surface area contributed by atoms with Crippen LogP contribution >= 0.6 is 0 Å². The number of aryl methyl sites for hydroxylation is 1. The van der Waals surface area contributed by atoms with Gasteiger partial charge in [-0.15, -0.1) is 11.3 Å². The molecule has 0 amide bonds. The molecule has 1 N–H and O–H groups in total. The zero-order valence-electron chi connectivity index (χ0n) is 18.6. The number of rotatable bonds is 5. The minimum Gasteiger partial charge on any atom is -0.496 e. The summed E-state index contributed by atoms with van der Waals surface area (Å²) in [6, 6.07) is 9.11. The molecule has 1 aliphatic rings. The number of carbonyl (C=O) groups excluding carboxylic acids is 1. The first-order valence-corrected chi connectivity index (χ1v) is 9.69. The van der Waals surface area contributed by atoms with Crippen molar-refractivity contribution in [2.75, 3.05) is 19.0 Å². The zero-order valence-corrected chi connectivity index (χ0v) is 22.7. The Balaban J connectivity index is 0.000000945. The number of anilines is 1. The van der Waals surface area contributed by atoms with Crippen molar-refractivity contribution < 1.29 is 45.4 Å². The Bertz CT molecular complexity index is 1080. The fourth-order valence-corrected chi connectivity index (χ4v) is 3.38. The molecule has 2 heterocycles. The predicted molar refractivity (Wildman–Crippen MR) is 117 cm³/mol. The first kappa shape index (κ1) is 27.2. The van der Waals surface area contributed by atoms with Crippen LogP contribution in [0.2, 0.25) is 0 Å². The van der Waals surface area contributed by atoms with Crippen LogP contribution in [0, 0.1) is 67.6 Å². The van der Waals surface area contributed by atoms with Gasteiger partial charge < -0.3 is 26.5 Å². The van der Waals surface area contributed by atoms with Crippen LogP contribution in [-0.4, -0.2) is 25.0 Å². The Morgan fingerprint density at radius 1 is 1.31 bits per heavy atom. The van der Waals surface area contributed by atoms with Crippen molar-refractivity contribution in [2.24, 2.45) is 0 Å². The standard InChI is InChI=1S/C21H20N3O3.C3H4N.U/c1-5-27-21-19-18(15-7-6-14(9-22)8-17(15)26-4)16(11-25)13(3)24-20(19)12(2)10-23-21;1-2-3-4;/h6-8,10,18,24H,5H2,1-4H3;1-2H2;/q2*-1;+2/t18-;;/m1../s1. The molecule has 0 saturated heterocycles. The van der Waals surface area contributed by atoms with Crippen molar-refractivity contribution in [2.45, 2.75) is 33.1 Å². The van der Waals surface area contributed by atoms with Gasteiger partial charge in [0.1, 0.15) is 5.75 Å². The molecule has 1 aromatic carbocycles.